The van der Waals surface area contributed by atoms with Crippen LogP contribution >= 0.6 is 0 Å². The van der Waals surface area contributed by atoms with E-state index in [0.717, 1.165) is 5.56 Å². The van der Waals surface area contributed by atoms with E-state index in [1.165, 1.54) is 0 Å². The lowest BCUT2D eigenvalue weighted by molar-refractivity contribution is -0.105. The largest absolute Gasteiger partial charge is 0.397 e. The maximum atomic E-state index is 10.4. The van der Waals surface area contributed by atoms with E-state index in [9.17, 15) is 4.79 Å². The van der Waals surface area contributed by atoms with E-state index >= 15 is 0 Å². The van der Waals surface area contributed by atoms with E-state index in [0.29, 0.717) is 17.8 Å². The Morgan fingerprint density at radius 3 is 2.94 bits per heavy atom. The molecule has 1 aromatic carbocycles. The van der Waals surface area contributed by atoms with Gasteiger partial charge in [-0.25, -0.2) is 4.98 Å². The average molecular weight is 230 g/mol. The number of nitrogens with two attached hydrogens (primary N) is 1. The van der Waals surface area contributed by atoms with Crippen molar-refractivity contribution in [1.29, 1.82) is 0 Å². The zero-order valence-electron chi connectivity index (χ0n) is 9.50. The van der Waals surface area contributed by atoms with Gasteiger partial charge >= 0.3 is 0 Å². The van der Waals surface area contributed by atoms with Crippen molar-refractivity contribution in [3.05, 3.63) is 42.5 Å². The van der Waals surface area contributed by atoms with Gasteiger partial charge < -0.3 is 15.6 Å². The second kappa shape index (κ2) is 4.69. The molecule has 1 unspecified atom stereocenters. The summed E-state index contributed by atoms with van der Waals surface area (Å²) in [4.78, 5) is 14.4. The molecule has 0 bridgehead atoms. The molecule has 0 aliphatic carbocycles. The van der Waals surface area contributed by atoms with E-state index in [2.05, 4.69) is 17.2 Å². The maximum Gasteiger partial charge on any atom is 0.211 e. The predicted octanol–water partition coefficient (Wildman–Crippen LogP) is 1.64. The third-order valence-electron chi connectivity index (χ3n) is 2.74. The Balaban J connectivity index is 2.28. The van der Waals surface area contributed by atoms with Crippen LogP contribution in [0.2, 0.25) is 0 Å². The van der Waals surface area contributed by atoms with Gasteiger partial charge in [-0.05, 0) is 24.6 Å². The normalized spacial score (nSPS) is 12.1. The Morgan fingerprint density at radius 1 is 1.53 bits per heavy atom. The number of imidazole rings is 1. The number of nitrogens with one attached hydrogen (secondary N) is 1. The van der Waals surface area contributed by atoms with Gasteiger partial charge in [0.25, 0.3) is 0 Å². The van der Waals surface area contributed by atoms with Crippen LogP contribution in [0, 0.1) is 0 Å². The first kappa shape index (κ1) is 11.2. The molecule has 0 saturated heterocycles. The summed E-state index contributed by atoms with van der Waals surface area (Å²) in [5, 5.41) is 2.55. The zero-order chi connectivity index (χ0) is 12.3. The molecule has 1 heterocycles. The SMILES string of the molecule is CC(c1ccc(NC=O)c(N)c1)n1ccnc1. The highest BCUT2D eigenvalue weighted by Crippen LogP contribution is 2.25. The molecule has 0 fully saturated rings. The van der Waals surface area contributed by atoms with Crippen LogP contribution in [0.15, 0.2) is 36.9 Å². The molecule has 17 heavy (non-hydrogen) atoms. The molecule has 1 amide bonds. The van der Waals surface area contributed by atoms with Crippen molar-refractivity contribution in [2.75, 3.05) is 11.1 Å². The summed E-state index contributed by atoms with van der Waals surface area (Å²) >= 11 is 0. The van der Waals surface area contributed by atoms with Crippen LogP contribution in [-0.4, -0.2) is 16.0 Å². The minimum Gasteiger partial charge on any atom is -0.397 e. The molecule has 5 nitrogen and oxygen atoms in total. The van der Waals surface area contributed by atoms with E-state index < -0.39 is 0 Å². The van der Waals surface area contributed by atoms with Crippen LogP contribution in [0.1, 0.15) is 18.5 Å². The monoisotopic (exact) mass is 230 g/mol. The van der Waals surface area contributed by atoms with Crippen LogP contribution in [0.3, 0.4) is 0 Å². The summed E-state index contributed by atoms with van der Waals surface area (Å²) in [6.45, 7) is 2.06. The first-order chi connectivity index (χ1) is 8.22. The van der Waals surface area contributed by atoms with Gasteiger partial charge in [0.1, 0.15) is 0 Å². The number of hydrogen-bond acceptors (Lipinski definition) is 3. The molecule has 0 spiro atoms. The van der Waals surface area contributed by atoms with Crippen LogP contribution in [-0.2, 0) is 4.79 Å². The molecule has 2 rings (SSSR count). The Bertz CT molecular complexity index is 507. The van der Waals surface area contributed by atoms with Crippen LogP contribution in [0.4, 0.5) is 11.4 Å². The van der Waals surface area contributed by atoms with Gasteiger partial charge in [-0.2, -0.15) is 0 Å². The molecule has 1 atom stereocenters. The molecule has 88 valence electrons. The topological polar surface area (TPSA) is 72.9 Å². The summed E-state index contributed by atoms with van der Waals surface area (Å²) in [5.74, 6) is 0. The second-order valence-corrected chi connectivity index (χ2v) is 3.79. The Hall–Kier alpha value is -2.30. The quantitative estimate of drug-likeness (QED) is 0.619. The summed E-state index contributed by atoms with van der Waals surface area (Å²) in [7, 11) is 0. The number of carbonyl (C=O) groups is 1. The number of nitrogens with zero attached hydrogens (tertiary/aromatic N) is 2. The van der Waals surface area contributed by atoms with Crippen LogP contribution in [0.25, 0.3) is 0 Å². The van der Waals surface area contributed by atoms with E-state index in [1.807, 2.05) is 22.9 Å². The number of anilines is 2. The summed E-state index contributed by atoms with van der Waals surface area (Å²) in [6.07, 6.45) is 6.02. The molecule has 0 aliphatic heterocycles. The maximum absolute atomic E-state index is 10.4. The van der Waals surface area contributed by atoms with Crippen molar-refractivity contribution < 1.29 is 4.79 Å². The lowest BCUT2D eigenvalue weighted by atomic mass is 10.1. The number of hydrogen-bond donors (Lipinski definition) is 2. The first-order valence-corrected chi connectivity index (χ1v) is 5.29. The fourth-order valence-electron chi connectivity index (χ4n) is 1.71. The lowest BCUT2D eigenvalue weighted by Crippen LogP contribution is -2.06. The Labute approximate surface area is 99.3 Å². The van der Waals surface area contributed by atoms with Gasteiger partial charge in [0.05, 0.1) is 23.7 Å². The van der Waals surface area contributed by atoms with Gasteiger partial charge in [-0.1, -0.05) is 6.07 Å². The van der Waals surface area contributed by atoms with Crippen molar-refractivity contribution in [1.82, 2.24) is 9.55 Å². The molecular weight excluding hydrogens is 216 g/mol. The smallest absolute Gasteiger partial charge is 0.211 e. The Morgan fingerprint density at radius 2 is 2.35 bits per heavy atom. The first-order valence-electron chi connectivity index (χ1n) is 5.29. The fourth-order valence-corrected chi connectivity index (χ4v) is 1.71. The highest BCUT2D eigenvalue weighted by molar-refractivity contribution is 5.79. The van der Waals surface area contributed by atoms with Crippen molar-refractivity contribution in [3.8, 4) is 0 Å². The number of rotatable bonds is 4. The Kier molecular flexibility index (Phi) is 3.09. The van der Waals surface area contributed by atoms with Crippen LogP contribution < -0.4 is 11.1 Å². The number of carbonyl (C=O) groups excluding carboxylic acids is 1. The molecule has 0 saturated carbocycles. The fraction of sp³-hybridized carbons (Fsp3) is 0.167. The molecule has 0 aliphatic rings. The standard InChI is InChI=1S/C12H14N4O/c1-9(16-5-4-14-7-16)10-2-3-12(15-8-17)11(13)6-10/h2-9H,13H2,1H3,(H,15,17). The summed E-state index contributed by atoms with van der Waals surface area (Å²) < 4.78 is 1.99. The second-order valence-electron chi connectivity index (χ2n) is 3.79. The summed E-state index contributed by atoms with van der Waals surface area (Å²) in [6, 6.07) is 5.75. The number of amides is 1. The molecule has 1 aromatic heterocycles. The average Bonchev–Trinajstić information content (AvgIpc) is 2.84. The van der Waals surface area contributed by atoms with Crippen LogP contribution in [0.5, 0.6) is 0 Å². The van der Waals surface area contributed by atoms with Gasteiger partial charge in [-0.3, -0.25) is 4.79 Å². The van der Waals surface area contributed by atoms with Gasteiger partial charge in [0.15, 0.2) is 0 Å². The van der Waals surface area contributed by atoms with Crippen molar-refractivity contribution >= 4 is 17.8 Å². The molecule has 5 heteroatoms. The van der Waals surface area contributed by atoms with Gasteiger partial charge in [0, 0.05) is 12.4 Å². The summed E-state index contributed by atoms with van der Waals surface area (Å²) in [5.41, 5.74) is 8.10. The number of aromatic nitrogens is 2. The molecule has 0 radical (unpaired) electrons. The van der Waals surface area contributed by atoms with E-state index in [4.69, 9.17) is 5.73 Å². The number of nitrogen functional groups attached to an aromatic ring is 1. The third kappa shape index (κ3) is 2.28. The minimum absolute atomic E-state index is 0.157. The van der Waals surface area contributed by atoms with E-state index in [1.54, 1.807) is 18.6 Å². The molecule has 3 N–H and O–H groups in total. The molecular formula is C12H14N4O. The number of benzene rings is 1. The minimum atomic E-state index is 0.157. The predicted molar refractivity (Wildman–Crippen MR) is 66.6 cm³/mol. The van der Waals surface area contributed by atoms with Crippen molar-refractivity contribution in [3.63, 3.8) is 0 Å². The van der Waals surface area contributed by atoms with Gasteiger partial charge in [0.2, 0.25) is 6.41 Å². The molecule has 2 aromatic rings. The zero-order valence-corrected chi connectivity index (χ0v) is 9.50. The lowest BCUT2D eigenvalue weighted by Gasteiger charge is -2.15. The van der Waals surface area contributed by atoms with Crippen molar-refractivity contribution in [2.24, 2.45) is 0 Å². The highest BCUT2D eigenvalue weighted by Gasteiger charge is 2.08. The van der Waals surface area contributed by atoms with Crippen molar-refractivity contribution in [2.45, 2.75) is 13.0 Å². The third-order valence-corrected chi connectivity index (χ3v) is 2.74. The van der Waals surface area contributed by atoms with Gasteiger partial charge in [-0.15, -0.1) is 0 Å². The highest BCUT2D eigenvalue weighted by atomic mass is 16.1. The van der Waals surface area contributed by atoms with E-state index in [-0.39, 0.29) is 6.04 Å².